The lowest BCUT2D eigenvalue weighted by atomic mass is 9.77. The molecule has 0 aliphatic carbocycles. The smallest absolute Gasteiger partial charge is 0.295 e. The van der Waals surface area contributed by atoms with E-state index in [1.165, 1.54) is 18.5 Å². The molecule has 1 aliphatic heterocycles. The number of rotatable bonds is 3. The Morgan fingerprint density at radius 3 is 2.57 bits per heavy atom. The fourth-order valence-corrected chi connectivity index (χ4v) is 3.82. The lowest BCUT2D eigenvalue weighted by molar-refractivity contribution is -0.141. The van der Waals surface area contributed by atoms with Crippen LogP contribution in [0.2, 0.25) is 0 Å². The minimum absolute atomic E-state index is 0.221. The van der Waals surface area contributed by atoms with Gasteiger partial charge in [0, 0.05) is 16.7 Å². The van der Waals surface area contributed by atoms with Crippen molar-refractivity contribution in [2.45, 2.75) is 26.8 Å². The van der Waals surface area contributed by atoms with Crippen molar-refractivity contribution in [1.82, 2.24) is 9.97 Å². The summed E-state index contributed by atoms with van der Waals surface area (Å²) in [4.78, 5) is 47.1. The number of nitrogens with one attached hydrogen (secondary N) is 1. The Labute approximate surface area is 170 Å². The molecular formula is C22H19F2N3O3. The average molecular weight is 411 g/mol. The second-order valence-corrected chi connectivity index (χ2v) is 8.32. The number of hydrogen-bond donors (Lipinski definition) is 1. The molecule has 6 nitrogen and oxygen atoms in total. The number of hydrogen-bond acceptors (Lipinski definition) is 4. The zero-order chi connectivity index (χ0) is 21.8. The monoisotopic (exact) mass is 411 g/mol. The van der Waals surface area contributed by atoms with E-state index < -0.39 is 46.5 Å². The standard InChI is InChI=1S/C22H19F2N3O3/c1-22(2,3)20(29)16-18(12-5-4-6-13(23)17(12)24)27(21(30)19(16)28)11-7-8-14-15(9-11)26-10-25-14/h4-10,16,18H,1-3H3,(H,25,26). The van der Waals surface area contributed by atoms with Crippen molar-refractivity contribution >= 4 is 34.2 Å². The molecule has 154 valence electrons. The van der Waals surface area contributed by atoms with Crippen LogP contribution in [0.1, 0.15) is 32.4 Å². The molecule has 2 aromatic carbocycles. The molecule has 1 saturated heterocycles. The van der Waals surface area contributed by atoms with Crippen LogP contribution < -0.4 is 4.90 Å². The average Bonchev–Trinajstić information content (AvgIpc) is 3.25. The number of imidazole rings is 1. The van der Waals surface area contributed by atoms with Gasteiger partial charge >= 0.3 is 0 Å². The van der Waals surface area contributed by atoms with Gasteiger partial charge in [-0.2, -0.15) is 0 Å². The Bertz CT molecular complexity index is 1200. The Morgan fingerprint density at radius 1 is 1.13 bits per heavy atom. The van der Waals surface area contributed by atoms with E-state index in [2.05, 4.69) is 9.97 Å². The number of carbonyl (C=O) groups excluding carboxylic acids is 3. The molecule has 0 saturated carbocycles. The number of Topliss-reactive ketones (excluding diaryl/α,β-unsaturated/α-hetero) is 2. The molecule has 2 heterocycles. The van der Waals surface area contributed by atoms with Crippen molar-refractivity contribution in [2.24, 2.45) is 11.3 Å². The molecule has 2 atom stereocenters. The molecule has 2 unspecified atom stereocenters. The number of benzene rings is 2. The maximum atomic E-state index is 14.8. The van der Waals surface area contributed by atoms with Gasteiger partial charge in [0.05, 0.1) is 23.4 Å². The predicted molar refractivity (Wildman–Crippen MR) is 106 cm³/mol. The summed E-state index contributed by atoms with van der Waals surface area (Å²) in [6.45, 7) is 4.85. The van der Waals surface area contributed by atoms with E-state index in [1.807, 2.05) is 0 Å². The molecule has 1 aliphatic rings. The van der Waals surface area contributed by atoms with Gasteiger partial charge in [-0.1, -0.05) is 32.9 Å². The lowest BCUT2D eigenvalue weighted by Gasteiger charge is -2.30. The number of ketones is 2. The second kappa shape index (κ2) is 6.83. The highest BCUT2D eigenvalue weighted by atomic mass is 19.2. The Morgan fingerprint density at radius 2 is 1.87 bits per heavy atom. The van der Waals surface area contributed by atoms with E-state index in [0.717, 1.165) is 11.0 Å². The van der Waals surface area contributed by atoms with Crippen LogP contribution in [0.4, 0.5) is 14.5 Å². The summed E-state index contributed by atoms with van der Waals surface area (Å²) in [5.41, 5.74) is 0.320. The first-order valence-corrected chi connectivity index (χ1v) is 9.40. The number of aromatic amines is 1. The zero-order valence-electron chi connectivity index (χ0n) is 16.6. The first-order valence-electron chi connectivity index (χ1n) is 9.40. The van der Waals surface area contributed by atoms with Gasteiger partial charge < -0.3 is 4.98 Å². The Hall–Kier alpha value is -3.42. The van der Waals surface area contributed by atoms with Gasteiger partial charge in [0.1, 0.15) is 5.92 Å². The largest absolute Gasteiger partial charge is 0.345 e. The first-order chi connectivity index (χ1) is 14.1. The maximum Gasteiger partial charge on any atom is 0.295 e. The van der Waals surface area contributed by atoms with E-state index in [0.29, 0.717) is 11.0 Å². The van der Waals surface area contributed by atoms with Crippen LogP contribution in [0.3, 0.4) is 0 Å². The van der Waals surface area contributed by atoms with E-state index in [-0.39, 0.29) is 11.3 Å². The maximum absolute atomic E-state index is 14.8. The van der Waals surface area contributed by atoms with Gasteiger partial charge in [-0.25, -0.2) is 13.8 Å². The van der Waals surface area contributed by atoms with E-state index in [9.17, 15) is 23.2 Å². The fraction of sp³-hybridized carbons (Fsp3) is 0.273. The fourth-order valence-electron chi connectivity index (χ4n) is 3.82. The van der Waals surface area contributed by atoms with Crippen molar-refractivity contribution in [2.75, 3.05) is 4.90 Å². The zero-order valence-corrected chi connectivity index (χ0v) is 16.6. The molecule has 0 spiro atoms. The van der Waals surface area contributed by atoms with Crippen molar-refractivity contribution < 1.29 is 23.2 Å². The number of H-pyrrole nitrogens is 1. The third-order valence-electron chi connectivity index (χ3n) is 5.31. The first kappa shape index (κ1) is 19.9. The van der Waals surface area contributed by atoms with Gasteiger partial charge in [-0.3, -0.25) is 19.3 Å². The van der Waals surface area contributed by atoms with Gasteiger partial charge in [0.2, 0.25) is 5.78 Å². The van der Waals surface area contributed by atoms with E-state index in [4.69, 9.17) is 0 Å². The van der Waals surface area contributed by atoms with Crippen LogP contribution >= 0.6 is 0 Å². The van der Waals surface area contributed by atoms with Gasteiger partial charge in [0.25, 0.3) is 5.91 Å². The van der Waals surface area contributed by atoms with Gasteiger partial charge in [-0.15, -0.1) is 0 Å². The Kier molecular flexibility index (Phi) is 4.52. The Balaban J connectivity index is 1.94. The van der Waals surface area contributed by atoms with Crippen molar-refractivity contribution in [3.05, 3.63) is 59.9 Å². The lowest BCUT2D eigenvalue weighted by Crippen LogP contribution is -2.36. The number of carbonyl (C=O) groups is 3. The molecule has 1 aromatic heterocycles. The number of anilines is 1. The number of fused-ring (bicyclic) bond motifs is 1. The number of halogens is 2. The highest BCUT2D eigenvalue weighted by Gasteiger charge is 2.54. The van der Waals surface area contributed by atoms with Crippen LogP contribution in [0.5, 0.6) is 0 Å². The summed E-state index contributed by atoms with van der Waals surface area (Å²) in [6.07, 6.45) is 1.47. The molecule has 0 bridgehead atoms. The summed E-state index contributed by atoms with van der Waals surface area (Å²) in [5.74, 6) is -6.15. The summed E-state index contributed by atoms with van der Waals surface area (Å²) in [6, 6.07) is 7.00. The van der Waals surface area contributed by atoms with Gasteiger partial charge in [0.15, 0.2) is 17.4 Å². The van der Waals surface area contributed by atoms with E-state index in [1.54, 1.807) is 39.0 Å². The highest BCUT2D eigenvalue weighted by Crippen LogP contribution is 2.44. The topological polar surface area (TPSA) is 83.1 Å². The quantitative estimate of drug-likeness (QED) is 0.526. The van der Waals surface area contributed by atoms with Crippen molar-refractivity contribution in [3.8, 4) is 0 Å². The summed E-state index contributed by atoms with van der Waals surface area (Å²) >= 11 is 0. The van der Waals surface area contributed by atoms with Crippen LogP contribution in [0.25, 0.3) is 11.0 Å². The number of amides is 1. The normalized spacial score (nSPS) is 19.7. The molecule has 1 amide bonds. The summed E-state index contributed by atoms with van der Waals surface area (Å²) in [7, 11) is 0. The number of nitrogens with zero attached hydrogens (tertiary/aromatic N) is 2. The molecule has 8 heteroatoms. The third kappa shape index (κ3) is 2.99. The molecule has 1 N–H and O–H groups in total. The van der Waals surface area contributed by atoms with E-state index >= 15 is 0 Å². The minimum Gasteiger partial charge on any atom is -0.345 e. The minimum atomic E-state index is -1.45. The summed E-state index contributed by atoms with van der Waals surface area (Å²) in [5, 5.41) is 0. The van der Waals surface area contributed by atoms with Crippen LogP contribution in [-0.4, -0.2) is 27.4 Å². The third-order valence-corrected chi connectivity index (χ3v) is 5.31. The molecular weight excluding hydrogens is 392 g/mol. The number of aromatic nitrogens is 2. The SMILES string of the molecule is CC(C)(C)C(=O)C1C(=O)C(=O)N(c2ccc3nc[nH]c3c2)C1c1cccc(F)c1F. The predicted octanol–water partition coefficient (Wildman–Crippen LogP) is 3.73. The molecule has 3 aromatic rings. The second-order valence-electron chi connectivity index (χ2n) is 8.32. The molecule has 1 fully saturated rings. The summed E-state index contributed by atoms with van der Waals surface area (Å²) < 4.78 is 28.8. The van der Waals surface area contributed by atoms with Crippen LogP contribution in [0.15, 0.2) is 42.7 Å². The molecule has 4 rings (SSSR count). The van der Waals surface area contributed by atoms with Gasteiger partial charge in [-0.05, 0) is 24.3 Å². The molecule has 30 heavy (non-hydrogen) atoms. The molecule has 0 radical (unpaired) electrons. The van der Waals surface area contributed by atoms with Crippen molar-refractivity contribution in [3.63, 3.8) is 0 Å². The van der Waals surface area contributed by atoms with Crippen molar-refractivity contribution in [1.29, 1.82) is 0 Å². The van der Waals surface area contributed by atoms with Crippen LogP contribution in [-0.2, 0) is 14.4 Å². The highest BCUT2D eigenvalue weighted by molar-refractivity contribution is 6.48. The van der Waals surface area contributed by atoms with Crippen LogP contribution in [0, 0.1) is 23.0 Å².